The molecule has 2 aliphatic rings. The maximum absolute atomic E-state index is 4.66. The van der Waals surface area contributed by atoms with Gasteiger partial charge in [0.05, 0.1) is 11.7 Å². The molecule has 108 valence electrons. The third-order valence-corrected chi connectivity index (χ3v) is 4.83. The number of pyridine rings is 1. The SMILES string of the molecule is c1ccc(C(NC2CCCc3cccnc32)C2CC2)cc1. The van der Waals surface area contributed by atoms with Crippen LogP contribution < -0.4 is 5.32 Å². The van der Waals surface area contributed by atoms with E-state index in [1.807, 2.05) is 6.20 Å². The Morgan fingerprint density at radius 2 is 1.86 bits per heavy atom. The van der Waals surface area contributed by atoms with Crippen molar-refractivity contribution in [2.45, 2.75) is 44.2 Å². The Kier molecular flexibility index (Phi) is 3.48. The third kappa shape index (κ3) is 2.73. The standard InChI is InChI=1S/C19H22N2/c1-2-6-14(7-3-1)18(16-11-12-16)21-17-10-4-8-15-9-5-13-20-19(15)17/h1-3,5-7,9,13,16-18,21H,4,8,10-12H2. The molecule has 1 N–H and O–H groups in total. The zero-order chi connectivity index (χ0) is 14.1. The molecule has 1 aromatic carbocycles. The van der Waals surface area contributed by atoms with E-state index in [4.69, 9.17) is 0 Å². The minimum absolute atomic E-state index is 0.417. The number of hydrogen-bond donors (Lipinski definition) is 1. The topological polar surface area (TPSA) is 24.9 Å². The van der Waals surface area contributed by atoms with E-state index >= 15 is 0 Å². The fraction of sp³-hybridized carbons (Fsp3) is 0.421. The van der Waals surface area contributed by atoms with Crippen LogP contribution in [0.5, 0.6) is 0 Å². The Bertz CT molecular complexity index is 604. The maximum atomic E-state index is 4.66. The van der Waals surface area contributed by atoms with Gasteiger partial charge < -0.3 is 5.32 Å². The summed E-state index contributed by atoms with van der Waals surface area (Å²) in [6.45, 7) is 0. The number of fused-ring (bicyclic) bond motifs is 1. The average molecular weight is 278 g/mol. The molecule has 0 saturated heterocycles. The van der Waals surface area contributed by atoms with Crippen molar-refractivity contribution < 1.29 is 0 Å². The summed E-state index contributed by atoms with van der Waals surface area (Å²) >= 11 is 0. The molecule has 1 saturated carbocycles. The molecule has 2 aliphatic carbocycles. The summed E-state index contributed by atoms with van der Waals surface area (Å²) in [6, 6.07) is 16.1. The average Bonchev–Trinajstić information content (AvgIpc) is 3.38. The fourth-order valence-corrected chi connectivity index (χ4v) is 3.58. The number of rotatable bonds is 4. The van der Waals surface area contributed by atoms with Crippen LogP contribution >= 0.6 is 0 Å². The van der Waals surface area contributed by atoms with Gasteiger partial charge in [-0.3, -0.25) is 4.98 Å². The van der Waals surface area contributed by atoms with Gasteiger partial charge in [0.15, 0.2) is 0 Å². The summed E-state index contributed by atoms with van der Waals surface area (Å²) in [5, 5.41) is 3.93. The van der Waals surface area contributed by atoms with Gasteiger partial charge in [-0.2, -0.15) is 0 Å². The molecule has 0 spiro atoms. The Balaban J connectivity index is 1.60. The summed E-state index contributed by atoms with van der Waals surface area (Å²) < 4.78 is 0. The predicted octanol–water partition coefficient (Wildman–Crippen LogP) is 4.20. The van der Waals surface area contributed by atoms with E-state index in [1.54, 1.807) is 0 Å². The maximum Gasteiger partial charge on any atom is 0.0605 e. The number of nitrogens with one attached hydrogen (secondary N) is 1. The minimum atomic E-state index is 0.417. The first-order valence-corrected chi connectivity index (χ1v) is 8.16. The van der Waals surface area contributed by atoms with Crippen LogP contribution in [0, 0.1) is 5.92 Å². The van der Waals surface area contributed by atoms with E-state index in [0.717, 1.165) is 5.92 Å². The lowest BCUT2D eigenvalue weighted by Gasteiger charge is -2.30. The van der Waals surface area contributed by atoms with Crippen LogP contribution in [0.25, 0.3) is 0 Å². The van der Waals surface area contributed by atoms with Gasteiger partial charge in [-0.05, 0) is 55.2 Å². The molecule has 2 aromatic rings. The lowest BCUT2D eigenvalue weighted by molar-refractivity contribution is 0.368. The molecule has 2 nitrogen and oxygen atoms in total. The van der Waals surface area contributed by atoms with Crippen molar-refractivity contribution in [2.75, 3.05) is 0 Å². The zero-order valence-electron chi connectivity index (χ0n) is 12.3. The number of nitrogens with zero attached hydrogens (tertiary/aromatic N) is 1. The van der Waals surface area contributed by atoms with Gasteiger partial charge in [0, 0.05) is 12.2 Å². The molecule has 1 fully saturated rings. The van der Waals surface area contributed by atoms with E-state index in [1.165, 1.54) is 48.9 Å². The first-order valence-electron chi connectivity index (χ1n) is 8.16. The van der Waals surface area contributed by atoms with Gasteiger partial charge in [0.1, 0.15) is 0 Å². The van der Waals surface area contributed by atoms with Crippen LogP contribution in [0.3, 0.4) is 0 Å². The molecule has 2 atom stereocenters. The summed E-state index contributed by atoms with van der Waals surface area (Å²) in [5.74, 6) is 0.807. The molecule has 0 radical (unpaired) electrons. The van der Waals surface area contributed by atoms with E-state index < -0.39 is 0 Å². The van der Waals surface area contributed by atoms with Crippen LogP contribution in [0.15, 0.2) is 48.7 Å². The van der Waals surface area contributed by atoms with Gasteiger partial charge in [-0.25, -0.2) is 0 Å². The molecule has 2 unspecified atom stereocenters. The number of aromatic nitrogens is 1. The van der Waals surface area contributed by atoms with Crippen molar-refractivity contribution in [3.05, 3.63) is 65.5 Å². The van der Waals surface area contributed by atoms with Crippen molar-refractivity contribution in [1.29, 1.82) is 0 Å². The van der Waals surface area contributed by atoms with Crippen molar-refractivity contribution in [1.82, 2.24) is 10.3 Å². The highest BCUT2D eigenvalue weighted by Crippen LogP contribution is 2.43. The van der Waals surface area contributed by atoms with Gasteiger partial charge in [0.25, 0.3) is 0 Å². The molecular formula is C19H22N2. The molecule has 4 rings (SSSR count). The second-order valence-corrected chi connectivity index (χ2v) is 6.39. The van der Waals surface area contributed by atoms with Gasteiger partial charge in [-0.1, -0.05) is 36.4 Å². The van der Waals surface area contributed by atoms with Crippen LogP contribution in [-0.4, -0.2) is 4.98 Å². The summed E-state index contributed by atoms with van der Waals surface area (Å²) in [7, 11) is 0. The minimum Gasteiger partial charge on any atom is -0.301 e. The van der Waals surface area contributed by atoms with Crippen molar-refractivity contribution in [2.24, 2.45) is 5.92 Å². The molecular weight excluding hydrogens is 256 g/mol. The van der Waals surface area contributed by atoms with Gasteiger partial charge in [-0.15, -0.1) is 0 Å². The Morgan fingerprint density at radius 1 is 1.00 bits per heavy atom. The zero-order valence-corrected chi connectivity index (χ0v) is 12.3. The van der Waals surface area contributed by atoms with Gasteiger partial charge in [0.2, 0.25) is 0 Å². The first-order chi connectivity index (χ1) is 10.4. The summed E-state index contributed by atoms with van der Waals surface area (Å²) in [4.78, 5) is 4.66. The van der Waals surface area contributed by atoms with E-state index in [0.29, 0.717) is 12.1 Å². The van der Waals surface area contributed by atoms with Crippen LogP contribution in [0.1, 0.15) is 54.6 Å². The first kappa shape index (κ1) is 13.0. The van der Waals surface area contributed by atoms with Crippen molar-refractivity contribution in [3.63, 3.8) is 0 Å². The lowest BCUT2D eigenvalue weighted by atomic mass is 9.90. The second-order valence-electron chi connectivity index (χ2n) is 6.39. The highest BCUT2D eigenvalue weighted by molar-refractivity contribution is 5.27. The van der Waals surface area contributed by atoms with Crippen molar-refractivity contribution in [3.8, 4) is 0 Å². The van der Waals surface area contributed by atoms with Crippen LogP contribution in [0.4, 0.5) is 0 Å². The number of benzene rings is 1. The molecule has 2 heteroatoms. The van der Waals surface area contributed by atoms with Gasteiger partial charge >= 0.3 is 0 Å². The highest BCUT2D eigenvalue weighted by atomic mass is 15.0. The largest absolute Gasteiger partial charge is 0.301 e. The molecule has 0 amide bonds. The van der Waals surface area contributed by atoms with Crippen molar-refractivity contribution >= 4 is 0 Å². The fourth-order valence-electron chi connectivity index (χ4n) is 3.58. The predicted molar refractivity (Wildman–Crippen MR) is 85.0 cm³/mol. The van der Waals surface area contributed by atoms with Crippen LogP contribution in [-0.2, 0) is 6.42 Å². The Morgan fingerprint density at radius 3 is 2.67 bits per heavy atom. The second kappa shape index (κ2) is 5.61. The molecule has 0 aliphatic heterocycles. The highest BCUT2D eigenvalue weighted by Gasteiger charge is 2.34. The third-order valence-electron chi connectivity index (χ3n) is 4.83. The Hall–Kier alpha value is -1.67. The lowest BCUT2D eigenvalue weighted by Crippen LogP contribution is -2.31. The molecule has 0 bridgehead atoms. The summed E-state index contributed by atoms with van der Waals surface area (Å²) in [6.07, 6.45) is 8.31. The molecule has 21 heavy (non-hydrogen) atoms. The quantitative estimate of drug-likeness (QED) is 0.906. The van der Waals surface area contributed by atoms with E-state index in [9.17, 15) is 0 Å². The van der Waals surface area contributed by atoms with Crippen LogP contribution in [0.2, 0.25) is 0 Å². The smallest absolute Gasteiger partial charge is 0.0605 e. The van der Waals surface area contributed by atoms with E-state index in [2.05, 4.69) is 52.8 Å². The Labute approximate surface area is 126 Å². The normalized spacial score (nSPS) is 22.6. The molecule has 1 heterocycles. The monoisotopic (exact) mass is 278 g/mol. The number of hydrogen-bond acceptors (Lipinski definition) is 2. The summed E-state index contributed by atoms with van der Waals surface area (Å²) in [5.41, 5.74) is 4.15. The number of aryl methyl sites for hydroxylation is 1. The molecule has 1 aromatic heterocycles. The van der Waals surface area contributed by atoms with E-state index in [-0.39, 0.29) is 0 Å².